The summed E-state index contributed by atoms with van der Waals surface area (Å²) in [6.45, 7) is 2.18. The number of nitrogens with one attached hydrogen (secondary N) is 1. The first-order valence-electron chi connectivity index (χ1n) is 8.56. The van der Waals surface area contributed by atoms with Gasteiger partial charge in [-0.25, -0.2) is 5.43 Å². The van der Waals surface area contributed by atoms with E-state index in [1.54, 1.807) is 24.3 Å². The first kappa shape index (κ1) is 18.3. The number of hydrogen-bond donors (Lipinski definition) is 2. The number of nitrogens with zero attached hydrogens (tertiary/aromatic N) is 1. The summed E-state index contributed by atoms with van der Waals surface area (Å²) in [5, 5.41) is 15.8. The van der Waals surface area contributed by atoms with E-state index in [0.717, 1.165) is 10.8 Å². The van der Waals surface area contributed by atoms with Crippen LogP contribution in [0.5, 0.6) is 17.2 Å². The van der Waals surface area contributed by atoms with Crippen molar-refractivity contribution in [2.75, 3.05) is 13.2 Å². The van der Waals surface area contributed by atoms with E-state index in [0.29, 0.717) is 23.7 Å². The monoisotopic (exact) mass is 364 g/mol. The zero-order valence-electron chi connectivity index (χ0n) is 14.9. The Kier molecular flexibility index (Phi) is 5.89. The largest absolute Gasteiger partial charge is 0.507 e. The van der Waals surface area contributed by atoms with E-state index in [4.69, 9.17) is 9.47 Å². The Morgan fingerprint density at radius 2 is 1.74 bits per heavy atom. The highest BCUT2D eigenvalue weighted by molar-refractivity contribution is 6.02. The van der Waals surface area contributed by atoms with Gasteiger partial charge in [0.15, 0.2) is 18.1 Å². The van der Waals surface area contributed by atoms with Gasteiger partial charge in [0.25, 0.3) is 5.91 Å². The Hall–Kier alpha value is -3.54. The van der Waals surface area contributed by atoms with Crippen LogP contribution < -0.4 is 14.9 Å². The molecule has 1 amide bonds. The standard InChI is InChI=1S/C21H20N2O4/c1-2-26-19-9-5-6-10-20(19)27-14-21(25)23-22-13-17-16-8-4-3-7-15(16)11-12-18(17)24/h3-13,24H,2,14H2,1H3,(H,23,25)/b22-13+. The molecule has 0 saturated heterocycles. The molecule has 3 aromatic rings. The SMILES string of the molecule is CCOc1ccccc1OCC(=O)N/N=C/c1c(O)ccc2ccccc12. The fourth-order valence-electron chi connectivity index (χ4n) is 2.61. The van der Waals surface area contributed by atoms with Gasteiger partial charge in [-0.05, 0) is 35.9 Å². The summed E-state index contributed by atoms with van der Waals surface area (Å²) in [6, 6.07) is 18.2. The van der Waals surface area contributed by atoms with Gasteiger partial charge in [-0.15, -0.1) is 0 Å². The van der Waals surface area contributed by atoms with E-state index in [1.807, 2.05) is 43.3 Å². The van der Waals surface area contributed by atoms with E-state index >= 15 is 0 Å². The maximum absolute atomic E-state index is 12.0. The molecule has 6 heteroatoms. The summed E-state index contributed by atoms with van der Waals surface area (Å²) in [5.41, 5.74) is 2.94. The van der Waals surface area contributed by atoms with Gasteiger partial charge in [-0.1, -0.05) is 42.5 Å². The van der Waals surface area contributed by atoms with Gasteiger partial charge < -0.3 is 14.6 Å². The lowest BCUT2D eigenvalue weighted by molar-refractivity contribution is -0.123. The number of rotatable bonds is 7. The van der Waals surface area contributed by atoms with Crippen molar-refractivity contribution in [3.8, 4) is 17.2 Å². The third-order valence-corrected chi connectivity index (χ3v) is 3.84. The fraction of sp³-hybridized carbons (Fsp3) is 0.143. The predicted octanol–water partition coefficient (Wildman–Crippen LogP) is 3.47. The third kappa shape index (κ3) is 4.55. The Bertz CT molecular complexity index is 969. The maximum atomic E-state index is 12.0. The normalized spacial score (nSPS) is 10.9. The van der Waals surface area contributed by atoms with E-state index in [1.165, 1.54) is 6.21 Å². The highest BCUT2D eigenvalue weighted by atomic mass is 16.5. The number of benzene rings is 3. The molecule has 0 radical (unpaired) electrons. The summed E-state index contributed by atoms with van der Waals surface area (Å²) in [6.07, 6.45) is 1.42. The van der Waals surface area contributed by atoms with Gasteiger partial charge >= 0.3 is 0 Å². The molecule has 138 valence electrons. The zero-order valence-corrected chi connectivity index (χ0v) is 14.9. The number of aromatic hydroxyl groups is 1. The smallest absolute Gasteiger partial charge is 0.277 e. The molecule has 6 nitrogen and oxygen atoms in total. The van der Waals surface area contributed by atoms with E-state index in [-0.39, 0.29) is 12.4 Å². The lowest BCUT2D eigenvalue weighted by Crippen LogP contribution is -2.24. The van der Waals surface area contributed by atoms with Gasteiger partial charge in [-0.2, -0.15) is 5.10 Å². The Labute approximate surface area is 157 Å². The first-order chi connectivity index (χ1) is 13.2. The number of phenols is 1. The van der Waals surface area contributed by atoms with Crippen LogP contribution in [0.25, 0.3) is 10.8 Å². The van der Waals surface area contributed by atoms with Crippen molar-refractivity contribution in [3.63, 3.8) is 0 Å². The summed E-state index contributed by atoms with van der Waals surface area (Å²) in [5.74, 6) is 0.744. The van der Waals surface area contributed by atoms with Crippen LogP contribution in [0.1, 0.15) is 12.5 Å². The average Bonchev–Trinajstić information content (AvgIpc) is 2.69. The van der Waals surface area contributed by atoms with E-state index < -0.39 is 5.91 Å². The number of carbonyl (C=O) groups is 1. The van der Waals surface area contributed by atoms with E-state index in [9.17, 15) is 9.90 Å². The second-order valence-corrected chi connectivity index (χ2v) is 5.68. The van der Waals surface area contributed by atoms with Crippen LogP contribution in [0.2, 0.25) is 0 Å². The van der Waals surface area contributed by atoms with Gasteiger partial charge in [0, 0.05) is 5.56 Å². The Morgan fingerprint density at radius 3 is 2.52 bits per heavy atom. The molecule has 3 aromatic carbocycles. The van der Waals surface area contributed by atoms with Crippen LogP contribution in [-0.4, -0.2) is 30.4 Å². The highest BCUT2D eigenvalue weighted by Gasteiger charge is 2.07. The molecule has 2 N–H and O–H groups in total. The number of para-hydroxylation sites is 2. The van der Waals surface area contributed by atoms with Gasteiger partial charge in [-0.3, -0.25) is 4.79 Å². The molecule has 27 heavy (non-hydrogen) atoms. The van der Waals surface area contributed by atoms with Crippen molar-refractivity contribution >= 4 is 22.9 Å². The summed E-state index contributed by atoms with van der Waals surface area (Å²) in [7, 11) is 0. The first-order valence-corrected chi connectivity index (χ1v) is 8.56. The van der Waals surface area contributed by atoms with Gasteiger partial charge in [0.2, 0.25) is 0 Å². The highest BCUT2D eigenvalue weighted by Crippen LogP contribution is 2.26. The molecular weight excluding hydrogens is 344 g/mol. The van der Waals surface area contributed by atoms with Crippen LogP contribution in [0.3, 0.4) is 0 Å². The van der Waals surface area contributed by atoms with Crippen molar-refractivity contribution < 1.29 is 19.4 Å². The number of phenolic OH excluding ortho intramolecular Hbond substituents is 1. The molecule has 0 aliphatic heterocycles. The number of hydrazone groups is 1. The minimum absolute atomic E-state index is 0.0913. The van der Waals surface area contributed by atoms with Crippen LogP contribution in [0, 0.1) is 0 Å². The molecule has 0 spiro atoms. The van der Waals surface area contributed by atoms with Crippen LogP contribution in [-0.2, 0) is 4.79 Å². The lowest BCUT2D eigenvalue weighted by atomic mass is 10.0. The summed E-state index contributed by atoms with van der Waals surface area (Å²) < 4.78 is 10.9. The number of fused-ring (bicyclic) bond motifs is 1. The number of carbonyl (C=O) groups excluding carboxylic acids is 1. The van der Waals surface area contributed by atoms with Crippen molar-refractivity contribution in [2.45, 2.75) is 6.92 Å². The molecule has 0 aliphatic rings. The average molecular weight is 364 g/mol. The van der Waals surface area contributed by atoms with E-state index in [2.05, 4.69) is 10.5 Å². The number of hydrogen-bond acceptors (Lipinski definition) is 5. The Balaban J connectivity index is 1.62. The summed E-state index contributed by atoms with van der Waals surface area (Å²) >= 11 is 0. The maximum Gasteiger partial charge on any atom is 0.277 e. The molecule has 0 bridgehead atoms. The predicted molar refractivity (Wildman–Crippen MR) is 104 cm³/mol. The minimum atomic E-state index is -0.419. The molecule has 0 saturated carbocycles. The number of ether oxygens (including phenoxy) is 2. The van der Waals surface area contributed by atoms with Crippen LogP contribution in [0.15, 0.2) is 65.8 Å². The van der Waals surface area contributed by atoms with Gasteiger partial charge in [0.1, 0.15) is 5.75 Å². The second-order valence-electron chi connectivity index (χ2n) is 5.68. The number of amides is 1. The molecule has 0 unspecified atom stereocenters. The molecule has 0 fully saturated rings. The molecule has 0 heterocycles. The van der Waals surface area contributed by atoms with Crippen LogP contribution >= 0.6 is 0 Å². The van der Waals surface area contributed by atoms with Crippen LogP contribution in [0.4, 0.5) is 0 Å². The summed E-state index contributed by atoms with van der Waals surface area (Å²) in [4.78, 5) is 12.0. The zero-order chi connectivity index (χ0) is 19.1. The lowest BCUT2D eigenvalue weighted by Gasteiger charge is -2.10. The molecular formula is C21H20N2O4. The molecule has 3 rings (SSSR count). The van der Waals surface area contributed by atoms with Crippen molar-refractivity contribution in [1.82, 2.24) is 5.43 Å². The Morgan fingerprint density at radius 1 is 1.04 bits per heavy atom. The van der Waals surface area contributed by atoms with Crippen molar-refractivity contribution in [2.24, 2.45) is 5.10 Å². The van der Waals surface area contributed by atoms with Crippen molar-refractivity contribution in [1.29, 1.82) is 0 Å². The minimum Gasteiger partial charge on any atom is -0.507 e. The topological polar surface area (TPSA) is 80.2 Å². The third-order valence-electron chi connectivity index (χ3n) is 3.84. The van der Waals surface area contributed by atoms with Gasteiger partial charge in [0.05, 0.1) is 12.8 Å². The quantitative estimate of drug-likeness (QED) is 0.497. The molecule has 0 atom stereocenters. The van der Waals surface area contributed by atoms with Crippen molar-refractivity contribution in [3.05, 3.63) is 66.2 Å². The fourth-order valence-corrected chi connectivity index (χ4v) is 2.61. The second kappa shape index (κ2) is 8.71. The molecule has 0 aromatic heterocycles. The molecule has 0 aliphatic carbocycles.